The summed E-state index contributed by atoms with van der Waals surface area (Å²) in [6.07, 6.45) is 2.76. The van der Waals surface area contributed by atoms with Gasteiger partial charge < -0.3 is 10.4 Å². The van der Waals surface area contributed by atoms with E-state index in [-0.39, 0.29) is 12.5 Å². The topological polar surface area (TPSA) is 49.3 Å². The van der Waals surface area contributed by atoms with Gasteiger partial charge in [0.25, 0.3) is 5.91 Å². The third kappa shape index (κ3) is 3.96. The SMILES string of the molecule is CCCC(CCO)CNC(=O)c1sc2ccccc2c1Cl. The molecule has 114 valence electrons. The van der Waals surface area contributed by atoms with Gasteiger partial charge in [0.15, 0.2) is 0 Å². The van der Waals surface area contributed by atoms with Crippen molar-refractivity contribution in [3.63, 3.8) is 0 Å². The van der Waals surface area contributed by atoms with E-state index >= 15 is 0 Å². The summed E-state index contributed by atoms with van der Waals surface area (Å²) in [5, 5.41) is 13.5. The number of benzene rings is 1. The number of rotatable bonds is 7. The first-order valence-corrected chi connectivity index (χ1v) is 8.42. The Morgan fingerprint density at radius 3 is 2.81 bits per heavy atom. The van der Waals surface area contributed by atoms with Crippen LogP contribution in [0, 0.1) is 5.92 Å². The first-order valence-electron chi connectivity index (χ1n) is 7.23. The number of fused-ring (bicyclic) bond motifs is 1. The summed E-state index contributed by atoms with van der Waals surface area (Å²) in [6, 6.07) is 7.75. The Morgan fingerprint density at radius 2 is 2.14 bits per heavy atom. The third-order valence-corrected chi connectivity index (χ3v) is 5.20. The molecule has 2 N–H and O–H groups in total. The van der Waals surface area contributed by atoms with E-state index in [1.54, 1.807) is 0 Å². The zero-order chi connectivity index (χ0) is 15.2. The molecule has 0 aliphatic carbocycles. The molecule has 1 unspecified atom stereocenters. The average molecular weight is 326 g/mol. The molecule has 0 radical (unpaired) electrons. The fourth-order valence-electron chi connectivity index (χ4n) is 2.42. The molecule has 0 aliphatic heterocycles. The van der Waals surface area contributed by atoms with Crippen LogP contribution >= 0.6 is 22.9 Å². The molecule has 1 amide bonds. The van der Waals surface area contributed by atoms with Crippen LogP contribution in [0.1, 0.15) is 35.9 Å². The first-order chi connectivity index (χ1) is 10.2. The van der Waals surface area contributed by atoms with Gasteiger partial charge in [-0.25, -0.2) is 0 Å². The van der Waals surface area contributed by atoms with Crippen LogP contribution in [0.15, 0.2) is 24.3 Å². The molecule has 3 nitrogen and oxygen atoms in total. The van der Waals surface area contributed by atoms with E-state index in [0.29, 0.717) is 28.8 Å². The molecular weight excluding hydrogens is 306 g/mol. The summed E-state index contributed by atoms with van der Waals surface area (Å²) in [7, 11) is 0. The minimum Gasteiger partial charge on any atom is -0.396 e. The predicted molar refractivity (Wildman–Crippen MR) is 89.3 cm³/mol. The lowest BCUT2D eigenvalue weighted by Gasteiger charge is -2.15. The Labute approximate surface area is 133 Å². The highest BCUT2D eigenvalue weighted by Crippen LogP contribution is 2.34. The van der Waals surface area contributed by atoms with Crippen LogP contribution < -0.4 is 5.32 Å². The van der Waals surface area contributed by atoms with E-state index in [1.165, 1.54) is 11.3 Å². The van der Waals surface area contributed by atoms with Gasteiger partial charge in [-0.15, -0.1) is 11.3 Å². The first kappa shape index (κ1) is 16.3. The van der Waals surface area contributed by atoms with Crippen molar-refractivity contribution >= 4 is 38.9 Å². The van der Waals surface area contributed by atoms with Gasteiger partial charge in [0.2, 0.25) is 0 Å². The van der Waals surface area contributed by atoms with Gasteiger partial charge in [-0.2, -0.15) is 0 Å². The van der Waals surface area contributed by atoms with Crippen molar-refractivity contribution in [1.29, 1.82) is 0 Å². The molecule has 2 rings (SSSR count). The fourth-order valence-corrected chi connectivity index (χ4v) is 3.85. The lowest BCUT2D eigenvalue weighted by molar-refractivity contribution is 0.0947. The summed E-state index contributed by atoms with van der Waals surface area (Å²) < 4.78 is 1.02. The summed E-state index contributed by atoms with van der Waals surface area (Å²) >= 11 is 7.72. The Bertz CT molecular complexity index is 605. The standard InChI is InChI=1S/C16H20ClNO2S/c1-2-5-11(8-9-19)10-18-16(20)15-14(17)12-6-3-4-7-13(12)21-15/h3-4,6-7,11,19H,2,5,8-10H2,1H3,(H,18,20). The van der Waals surface area contributed by atoms with Crippen LogP contribution in [0.2, 0.25) is 5.02 Å². The van der Waals surface area contributed by atoms with Crippen molar-refractivity contribution < 1.29 is 9.90 Å². The maximum atomic E-state index is 12.3. The number of hydrogen-bond donors (Lipinski definition) is 2. The van der Waals surface area contributed by atoms with Crippen LogP contribution in [0.25, 0.3) is 10.1 Å². The van der Waals surface area contributed by atoms with Crippen molar-refractivity contribution in [1.82, 2.24) is 5.32 Å². The van der Waals surface area contributed by atoms with Crippen molar-refractivity contribution in [3.8, 4) is 0 Å². The smallest absolute Gasteiger partial charge is 0.262 e. The Kier molecular flexibility index (Phi) is 6.03. The number of carbonyl (C=O) groups is 1. The second-order valence-electron chi connectivity index (χ2n) is 5.12. The molecule has 0 fully saturated rings. The Hall–Kier alpha value is -1.10. The van der Waals surface area contributed by atoms with Crippen LogP contribution in [0.3, 0.4) is 0 Å². The highest BCUT2D eigenvalue weighted by molar-refractivity contribution is 7.21. The van der Waals surface area contributed by atoms with E-state index in [2.05, 4.69) is 12.2 Å². The summed E-state index contributed by atoms with van der Waals surface area (Å²) in [5.41, 5.74) is 0. The number of thiophene rings is 1. The zero-order valence-electron chi connectivity index (χ0n) is 12.1. The number of carbonyl (C=O) groups excluding carboxylic acids is 1. The van der Waals surface area contributed by atoms with E-state index in [9.17, 15) is 4.79 Å². The lowest BCUT2D eigenvalue weighted by Crippen LogP contribution is -2.29. The van der Waals surface area contributed by atoms with Crippen molar-refractivity contribution in [2.24, 2.45) is 5.92 Å². The molecule has 0 aliphatic rings. The normalized spacial score (nSPS) is 12.5. The molecule has 1 heterocycles. The largest absolute Gasteiger partial charge is 0.396 e. The molecule has 0 saturated carbocycles. The second kappa shape index (κ2) is 7.78. The molecule has 0 spiro atoms. The minimum absolute atomic E-state index is 0.125. The van der Waals surface area contributed by atoms with E-state index < -0.39 is 0 Å². The monoisotopic (exact) mass is 325 g/mol. The number of aliphatic hydroxyl groups is 1. The van der Waals surface area contributed by atoms with E-state index in [1.807, 2.05) is 24.3 Å². The molecule has 21 heavy (non-hydrogen) atoms. The Morgan fingerprint density at radius 1 is 1.38 bits per heavy atom. The molecule has 0 bridgehead atoms. The number of halogens is 1. The number of aliphatic hydroxyl groups excluding tert-OH is 1. The van der Waals surface area contributed by atoms with Crippen molar-refractivity contribution in [2.75, 3.05) is 13.2 Å². The summed E-state index contributed by atoms with van der Waals surface area (Å²) in [5.74, 6) is 0.192. The highest BCUT2D eigenvalue weighted by atomic mass is 35.5. The van der Waals surface area contributed by atoms with Gasteiger partial charge in [-0.3, -0.25) is 4.79 Å². The van der Waals surface area contributed by atoms with Crippen LogP contribution in [-0.2, 0) is 0 Å². The second-order valence-corrected chi connectivity index (χ2v) is 6.55. The van der Waals surface area contributed by atoms with Crippen molar-refractivity contribution in [3.05, 3.63) is 34.2 Å². The van der Waals surface area contributed by atoms with Gasteiger partial charge in [0.05, 0.1) is 5.02 Å². The molecule has 5 heteroatoms. The van der Waals surface area contributed by atoms with Gasteiger partial charge in [0.1, 0.15) is 4.88 Å². The zero-order valence-corrected chi connectivity index (χ0v) is 13.6. The number of nitrogens with one attached hydrogen (secondary N) is 1. The maximum Gasteiger partial charge on any atom is 0.262 e. The van der Waals surface area contributed by atoms with Crippen LogP contribution in [0.4, 0.5) is 0 Å². The fraction of sp³-hybridized carbons (Fsp3) is 0.438. The van der Waals surface area contributed by atoms with Crippen LogP contribution in [-0.4, -0.2) is 24.2 Å². The molecule has 1 aromatic carbocycles. The molecule has 2 aromatic rings. The molecular formula is C16H20ClNO2S. The van der Waals surface area contributed by atoms with Gasteiger partial charge in [-0.1, -0.05) is 43.1 Å². The lowest BCUT2D eigenvalue weighted by atomic mass is 10.0. The van der Waals surface area contributed by atoms with Gasteiger partial charge in [-0.05, 0) is 24.8 Å². The molecule has 1 aromatic heterocycles. The van der Waals surface area contributed by atoms with Gasteiger partial charge >= 0.3 is 0 Å². The van der Waals surface area contributed by atoms with Gasteiger partial charge in [0, 0.05) is 23.2 Å². The van der Waals surface area contributed by atoms with E-state index in [4.69, 9.17) is 16.7 Å². The predicted octanol–water partition coefficient (Wildman–Crippen LogP) is 4.08. The number of amides is 1. The third-order valence-electron chi connectivity index (χ3n) is 3.53. The molecule has 0 saturated heterocycles. The minimum atomic E-state index is -0.125. The van der Waals surface area contributed by atoms with Crippen LogP contribution in [0.5, 0.6) is 0 Å². The van der Waals surface area contributed by atoms with Crippen molar-refractivity contribution in [2.45, 2.75) is 26.2 Å². The highest BCUT2D eigenvalue weighted by Gasteiger charge is 2.17. The molecule has 1 atom stereocenters. The summed E-state index contributed by atoms with van der Waals surface area (Å²) in [4.78, 5) is 12.9. The number of hydrogen-bond acceptors (Lipinski definition) is 3. The Balaban J connectivity index is 2.06. The summed E-state index contributed by atoms with van der Waals surface area (Å²) in [6.45, 7) is 2.84. The maximum absolute atomic E-state index is 12.3. The average Bonchev–Trinajstić information content (AvgIpc) is 2.83. The quantitative estimate of drug-likeness (QED) is 0.805. The van der Waals surface area contributed by atoms with E-state index in [0.717, 1.165) is 22.9 Å².